The summed E-state index contributed by atoms with van der Waals surface area (Å²) < 4.78 is 0. The number of nitriles is 1. The Hall–Kier alpha value is -1.82. The molecule has 2 aromatic rings. The molecule has 2 aliphatic rings. The molecule has 3 heteroatoms. The van der Waals surface area contributed by atoms with Gasteiger partial charge in [-0.1, -0.05) is 36.2 Å². The fraction of sp³-hybridized carbons (Fsp3) is 0.350. The third-order valence-corrected chi connectivity index (χ3v) is 5.80. The third kappa shape index (κ3) is 2.36. The van der Waals surface area contributed by atoms with Gasteiger partial charge in [-0.3, -0.25) is 0 Å². The van der Waals surface area contributed by atoms with Crippen molar-refractivity contribution in [3.63, 3.8) is 0 Å². The number of rotatable bonds is 2. The molecule has 1 unspecified atom stereocenters. The van der Waals surface area contributed by atoms with Crippen LogP contribution in [0.5, 0.6) is 0 Å². The summed E-state index contributed by atoms with van der Waals surface area (Å²) in [7, 11) is 0. The predicted octanol–water partition coefficient (Wildman–Crippen LogP) is 4.52. The molecule has 1 heterocycles. The number of benzene rings is 2. The van der Waals surface area contributed by atoms with Crippen LogP contribution in [0.15, 0.2) is 42.5 Å². The van der Waals surface area contributed by atoms with Crippen molar-refractivity contribution in [3.05, 3.63) is 69.7 Å². The molecule has 0 amide bonds. The fourth-order valence-corrected chi connectivity index (χ4v) is 4.32. The molecule has 23 heavy (non-hydrogen) atoms. The van der Waals surface area contributed by atoms with Gasteiger partial charge >= 0.3 is 0 Å². The Morgan fingerprint density at radius 1 is 1.13 bits per heavy atom. The summed E-state index contributed by atoms with van der Waals surface area (Å²) in [5.41, 5.74) is 4.94. The number of halogens is 1. The first-order valence-electron chi connectivity index (χ1n) is 8.25. The smallest absolute Gasteiger partial charge is 0.0991 e. The highest BCUT2D eigenvalue weighted by Gasteiger charge is 2.47. The van der Waals surface area contributed by atoms with Crippen LogP contribution in [0.2, 0.25) is 5.02 Å². The Kier molecular flexibility index (Phi) is 3.64. The monoisotopic (exact) mass is 322 g/mol. The molecule has 1 aliphatic heterocycles. The van der Waals surface area contributed by atoms with E-state index in [-0.39, 0.29) is 11.5 Å². The van der Waals surface area contributed by atoms with E-state index < -0.39 is 0 Å². The summed E-state index contributed by atoms with van der Waals surface area (Å²) in [4.78, 5) is 0. The lowest BCUT2D eigenvalue weighted by Crippen LogP contribution is -2.49. The number of hydrogen-bond donors (Lipinski definition) is 1. The summed E-state index contributed by atoms with van der Waals surface area (Å²) in [5, 5.41) is 13.8. The minimum atomic E-state index is 0.133. The van der Waals surface area contributed by atoms with Crippen molar-refractivity contribution in [2.24, 2.45) is 0 Å². The lowest BCUT2D eigenvalue weighted by Gasteiger charge is -2.50. The molecule has 0 saturated heterocycles. The van der Waals surface area contributed by atoms with Gasteiger partial charge in [0.25, 0.3) is 0 Å². The molecule has 2 aromatic carbocycles. The number of nitrogens with zero attached hydrogens (tertiary/aromatic N) is 1. The maximum atomic E-state index is 9.26. The molecular weight excluding hydrogens is 304 g/mol. The van der Waals surface area contributed by atoms with Crippen molar-refractivity contribution in [1.29, 1.82) is 5.26 Å². The first kappa shape index (κ1) is 14.8. The zero-order chi connectivity index (χ0) is 15.9. The highest BCUT2D eigenvalue weighted by molar-refractivity contribution is 6.30. The molecule has 2 nitrogen and oxygen atoms in total. The lowest BCUT2D eigenvalue weighted by atomic mass is 9.58. The third-order valence-electron chi connectivity index (χ3n) is 5.55. The van der Waals surface area contributed by atoms with E-state index in [0.29, 0.717) is 0 Å². The van der Waals surface area contributed by atoms with Gasteiger partial charge in [0.1, 0.15) is 0 Å². The van der Waals surface area contributed by atoms with Gasteiger partial charge in [-0.05, 0) is 66.8 Å². The van der Waals surface area contributed by atoms with Crippen molar-refractivity contribution in [2.45, 2.75) is 37.1 Å². The minimum Gasteiger partial charge on any atom is -0.309 e. The number of nitrogens with one attached hydrogen (secondary N) is 1. The molecule has 1 aliphatic carbocycles. The van der Waals surface area contributed by atoms with E-state index in [0.717, 1.165) is 23.6 Å². The molecule has 116 valence electrons. The average Bonchev–Trinajstić information content (AvgIpc) is 2.55. The van der Waals surface area contributed by atoms with Crippen LogP contribution in [0.3, 0.4) is 0 Å². The normalized spacial score (nSPS) is 21.8. The van der Waals surface area contributed by atoms with Crippen LogP contribution in [0, 0.1) is 11.3 Å². The number of fused-ring (bicyclic) bond motifs is 1. The molecule has 0 spiro atoms. The van der Waals surface area contributed by atoms with Gasteiger partial charge in [-0.2, -0.15) is 5.26 Å². The van der Waals surface area contributed by atoms with E-state index in [1.54, 1.807) is 0 Å². The predicted molar refractivity (Wildman–Crippen MR) is 92.6 cm³/mol. The van der Waals surface area contributed by atoms with Crippen LogP contribution in [-0.2, 0) is 11.8 Å². The standard InChI is InChI=1S/C20H19ClN2/c21-17-6-4-16(5-7-17)20(9-1-10-20)19-18-12-14(13-22)2-3-15(18)8-11-23-19/h2-7,12,19,23H,1,8-11H2. The molecule has 0 radical (unpaired) electrons. The van der Waals surface area contributed by atoms with Gasteiger partial charge in [0.15, 0.2) is 0 Å². The topological polar surface area (TPSA) is 35.8 Å². The molecular formula is C20H19ClN2. The maximum Gasteiger partial charge on any atom is 0.0991 e. The molecule has 1 fully saturated rings. The first-order valence-corrected chi connectivity index (χ1v) is 8.63. The van der Waals surface area contributed by atoms with E-state index in [1.807, 2.05) is 18.2 Å². The first-order chi connectivity index (χ1) is 11.2. The second kappa shape index (κ2) is 5.67. The summed E-state index contributed by atoms with van der Waals surface area (Å²) >= 11 is 6.08. The highest BCUT2D eigenvalue weighted by Crippen LogP contribution is 2.53. The summed E-state index contributed by atoms with van der Waals surface area (Å²) in [6, 6.07) is 17.1. The second-order valence-corrected chi connectivity index (χ2v) is 7.12. The molecule has 0 aromatic heterocycles. The van der Waals surface area contributed by atoms with Crippen LogP contribution >= 0.6 is 11.6 Å². The molecule has 0 bridgehead atoms. The Balaban J connectivity index is 1.81. The van der Waals surface area contributed by atoms with Crippen LogP contribution in [0.1, 0.15) is 47.6 Å². The van der Waals surface area contributed by atoms with Gasteiger partial charge in [0.05, 0.1) is 11.6 Å². The van der Waals surface area contributed by atoms with Crippen molar-refractivity contribution < 1.29 is 0 Å². The van der Waals surface area contributed by atoms with Gasteiger partial charge < -0.3 is 5.32 Å². The van der Waals surface area contributed by atoms with Crippen LogP contribution in [-0.4, -0.2) is 6.54 Å². The van der Waals surface area contributed by atoms with Gasteiger partial charge in [-0.15, -0.1) is 0 Å². The van der Waals surface area contributed by atoms with Crippen LogP contribution < -0.4 is 5.32 Å². The number of hydrogen-bond acceptors (Lipinski definition) is 2. The van der Waals surface area contributed by atoms with E-state index in [2.05, 4.69) is 35.7 Å². The molecule has 4 rings (SSSR count). The highest BCUT2D eigenvalue weighted by atomic mass is 35.5. The average molecular weight is 323 g/mol. The second-order valence-electron chi connectivity index (χ2n) is 6.68. The quantitative estimate of drug-likeness (QED) is 0.882. The van der Waals surface area contributed by atoms with E-state index >= 15 is 0 Å². The van der Waals surface area contributed by atoms with Gasteiger partial charge in [0, 0.05) is 16.5 Å². The zero-order valence-electron chi connectivity index (χ0n) is 13.0. The fourth-order valence-electron chi connectivity index (χ4n) is 4.20. The van der Waals surface area contributed by atoms with Gasteiger partial charge in [0.2, 0.25) is 0 Å². The van der Waals surface area contributed by atoms with Crippen LogP contribution in [0.25, 0.3) is 0 Å². The lowest BCUT2D eigenvalue weighted by molar-refractivity contribution is 0.164. The Morgan fingerprint density at radius 2 is 1.91 bits per heavy atom. The molecule has 1 N–H and O–H groups in total. The molecule has 1 saturated carbocycles. The summed E-state index contributed by atoms with van der Waals surface area (Å²) in [6.45, 7) is 0.999. The largest absolute Gasteiger partial charge is 0.309 e. The van der Waals surface area contributed by atoms with Crippen molar-refractivity contribution in [3.8, 4) is 6.07 Å². The zero-order valence-corrected chi connectivity index (χ0v) is 13.7. The Morgan fingerprint density at radius 3 is 2.57 bits per heavy atom. The Bertz CT molecular complexity index is 769. The Labute approximate surface area is 142 Å². The summed E-state index contributed by atoms with van der Waals surface area (Å²) in [6.07, 6.45) is 4.66. The van der Waals surface area contributed by atoms with E-state index in [9.17, 15) is 5.26 Å². The maximum absolute atomic E-state index is 9.26. The van der Waals surface area contributed by atoms with Crippen LogP contribution in [0.4, 0.5) is 0 Å². The van der Waals surface area contributed by atoms with Gasteiger partial charge in [-0.25, -0.2) is 0 Å². The summed E-state index contributed by atoms with van der Waals surface area (Å²) in [5.74, 6) is 0. The minimum absolute atomic E-state index is 0.133. The van der Waals surface area contributed by atoms with Crippen molar-refractivity contribution in [1.82, 2.24) is 5.32 Å². The van der Waals surface area contributed by atoms with E-state index in [1.165, 1.54) is 36.0 Å². The SMILES string of the molecule is N#Cc1ccc2c(c1)C(C1(c3ccc(Cl)cc3)CCC1)NCC2. The van der Waals surface area contributed by atoms with Crippen molar-refractivity contribution in [2.75, 3.05) is 6.54 Å². The van der Waals surface area contributed by atoms with Crippen molar-refractivity contribution >= 4 is 11.6 Å². The van der Waals surface area contributed by atoms with E-state index in [4.69, 9.17) is 11.6 Å². The molecule has 1 atom stereocenters.